The minimum atomic E-state index is -3.93. The van der Waals surface area contributed by atoms with E-state index in [-0.39, 0.29) is 24.6 Å². The molecule has 0 bridgehead atoms. The van der Waals surface area contributed by atoms with Gasteiger partial charge in [0.15, 0.2) is 0 Å². The van der Waals surface area contributed by atoms with Gasteiger partial charge in [-0.15, -0.1) is 0 Å². The van der Waals surface area contributed by atoms with Crippen LogP contribution in [0.1, 0.15) is 11.1 Å². The van der Waals surface area contributed by atoms with Gasteiger partial charge in [-0.2, -0.15) is 0 Å². The molecule has 32 heavy (non-hydrogen) atoms. The van der Waals surface area contributed by atoms with Gasteiger partial charge in [0, 0.05) is 5.02 Å². The first-order chi connectivity index (χ1) is 15.3. The molecule has 0 aliphatic rings. The molecule has 3 rings (SSSR count). The van der Waals surface area contributed by atoms with E-state index >= 15 is 0 Å². The van der Waals surface area contributed by atoms with Crippen molar-refractivity contribution in [1.82, 2.24) is 5.32 Å². The van der Waals surface area contributed by atoms with Gasteiger partial charge < -0.3 is 10.1 Å². The molecule has 8 heteroatoms. The van der Waals surface area contributed by atoms with E-state index in [0.717, 1.165) is 15.4 Å². The summed E-state index contributed by atoms with van der Waals surface area (Å²) in [4.78, 5) is 12.7. The number of nitrogens with one attached hydrogen (secondary N) is 1. The molecule has 3 aromatic carbocycles. The molecule has 0 spiro atoms. The van der Waals surface area contributed by atoms with Crippen LogP contribution >= 0.6 is 11.6 Å². The van der Waals surface area contributed by atoms with Crippen molar-refractivity contribution >= 4 is 33.2 Å². The number of hydrogen-bond donors (Lipinski definition) is 1. The van der Waals surface area contributed by atoms with Crippen LogP contribution in [0.4, 0.5) is 5.69 Å². The summed E-state index contributed by atoms with van der Waals surface area (Å²) >= 11 is 5.85. The van der Waals surface area contributed by atoms with Gasteiger partial charge in [0.25, 0.3) is 10.0 Å². The fourth-order valence-corrected chi connectivity index (χ4v) is 4.55. The van der Waals surface area contributed by atoms with Gasteiger partial charge in [-0.05, 0) is 73.5 Å². The Morgan fingerprint density at radius 3 is 2.31 bits per heavy atom. The summed E-state index contributed by atoms with van der Waals surface area (Å²) in [5.74, 6) is 0.203. The third kappa shape index (κ3) is 6.02. The Hall–Kier alpha value is -3.03. The first kappa shape index (κ1) is 23.6. The maximum Gasteiger partial charge on any atom is 0.264 e. The van der Waals surface area contributed by atoms with Gasteiger partial charge in [0.05, 0.1) is 17.1 Å². The van der Waals surface area contributed by atoms with E-state index in [1.165, 1.54) is 12.1 Å². The van der Waals surface area contributed by atoms with Gasteiger partial charge in [-0.3, -0.25) is 9.10 Å². The number of amides is 1. The zero-order chi connectivity index (χ0) is 23.1. The maximum atomic E-state index is 13.3. The Labute approximate surface area is 193 Å². The number of sulfonamides is 1. The number of benzene rings is 3. The van der Waals surface area contributed by atoms with Crippen molar-refractivity contribution in [2.24, 2.45) is 0 Å². The van der Waals surface area contributed by atoms with Crippen LogP contribution in [-0.2, 0) is 14.8 Å². The van der Waals surface area contributed by atoms with Crippen molar-refractivity contribution in [3.8, 4) is 5.75 Å². The molecule has 0 aromatic heterocycles. The Kier molecular flexibility index (Phi) is 7.77. The largest absolute Gasteiger partial charge is 0.492 e. The fourth-order valence-electron chi connectivity index (χ4n) is 2.99. The number of carbonyl (C=O) groups excluding carboxylic acids is 1. The number of hydrogen-bond acceptors (Lipinski definition) is 4. The number of nitrogens with zero attached hydrogens (tertiary/aromatic N) is 1. The summed E-state index contributed by atoms with van der Waals surface area (Å²) in [5, 5.41) is 3.33. The minimum absolute atomic E-state index is 0.122. The molecule has 0 saturated heterocycles. The summed E-state index contributed by atoms with van der Waals surface area (Å²) in [6, 6.07) is 20.3. The summed E-state index contributed by atoms with van der Waals surface area (Å²) in [6.45, 7) is 3.97. The van der Waals surface area contributed by atoms with Crippen molar-refractivity contribution in [1.29, 1.82) is 0 Å². The highest BCUT2D eigenvalue weighted by atomic mass is 35.5. The van der Waals surface area contributed by atoms with Gasteiger partial charge in [-0.1, -0.05) is 35.9 Å². The molecule has 1 amide bonds. The van der Waals surface area contributed by atoms with Crippen LogP contribution < -0.4 is 14.4 Å². The molecule has 0 unspecified atom stereocenters. The summed E-state index contributed by atoms with van der Waals surface area (Å²) in [5.41, 5.74) is 2.41. The molecule has 1 N–H and O–H groups in total. The van der Waals surface area contributed by atoms with Crippen LogP contribution in [0, 0.1) is 13.8 Å². The first-order valence-corrected chi connectivity index (χ1v) is 11.9. The molecule has 0 saturated carbocycles. The molecular formula is C24H25ClN2O4S. The molecule has 0 aliphatic heterocycles. The van der Waals surface area contributed by atoms with Gasteiger partial charge in [0.1, 0.15) is 18.9 Å². The Morgan fingerprint density at radius 1 is 0.969 bits per heavy atom. The van der Waals surface area contributed by atoms with Gasteiger partial charge in [0.2, 0.25) is 5.91 Å². The second-order valence-corrected chi connectivity index (χ2v) is 9.54. The summed E-state index contributed by atoms with van der Waals surface area (Å²) in [6.07, 6.45) is 0. The van der Waals surface area contributed by atoms with Gasteiger partial charge >= 0.3 is 0 Å². The number of aryl methyl sites for hydroxylation is 2. The number of carbonyl (C=O) groups is 1. The van der Waals surface area contributed by atoms with E-state index in [2.05, 4.69) is 5.32 Å². The zero-order valence-electron chi connectivity index (χ0n) is 17.9. The monoisotopic (exact) mass is 472 g/mol. The molecule has 168 valence electrons. The van der Waals surface area contributed by atoms with Crippen LogP contribution in [0.25, 0.3) is 0 Å². The number of anilines is 1. The lowest BCUT2D eigenvalue weighted by molar-refractivity contribution is -0.119. The third-order valence-corrected chi connectivity index (χ3v) is 6.94. The predicted molar refractivity (Wildman–Crippen MR) is 127 cm³/mol. The highest BCUT2D eigenvalue weighted by molar-refractivity contribution is 7.92. The van der Waals surface area contributed by atoms with E-state index in [0.29, 0.717) is 16.5 Å². The molecular weight excluding hydrogens is 448 g/mol. The van der Waals surface area contributed by atoms with Crippen molar-refractivity contribution < 1.29 is 17.9 Å². The van der Waals surface area contributed by atoms with Crippen molar-refractivity contribution in [2.45, 2.75) is 18.7 Å². The van der Waals surface area contributed by atoms with Crippen LogP contribution in [0.15, 0.2) is 77.7 Å². The van der Waals surface area contributed by atoms with Crippen LogP contribution in [0.2, 0.25) is 5.02 Å². The SMILES string of the molecule is Cc1ccc(N(CC(=O)NCCOc2ccc(Cl)cc2)S(=O)(=O)c2ccccc2)cc1C. The van der Waals surface area contributed by atoms with E-state index in [4.69, 9.17) is 16.3 Å². The first-order valence-electron chi connectivity index (χ1n) is 10.1. The Bertz CT molecular complexity index is 1170. The van der Waals surface area contributed by atoms with Crippen molar-refractivity contribution in [3.05, 3.63) is 88.9 Å². The van der Waals surface area contributed by atoms with E-state index in [1.807, 2.05) is 19.9 Å². The lowest BCUT2D eigenvalue weighted by Gasteiger charge is -2.25. The van der Waals surface area contributed by atoms with Crippen molar-refractivity contribution in [2.75, 3.05) is 24.0 Å². The highest BCUT2D eigenvalue weighted by Gasteiger charge is 2.27. The number of halogens is 1. The highest BCUT2D eigenvalue weighted by Crippen LogP contribution is 2.25. The Balaban J connectivity index is 1.71. The molecule has 0 heterocycles. The smallest absolute Gasteiger partial charge is 0.264 e. The van der Waals surface area contributed by atoms with Crippen LogP contribution in [0.5, 0.6) is 5.75 Å². The topological polar surface area (TPSA) is 75.7 Å². The number of ether oxygens (including phenoxy) is 1. The number of rotatable bonds is 9. The van der Waals surface area contributed by atoms with Gasteiger partial charge in [-0.25, -0.2) is 8.42 Å². The van der Waals surface area contributed by atoms with Crippen LogP contribution in [-0.4, -0.2) is 34.0 Å². The normalized spacial score (nSPS) is 11.1. The quantitative estimate of drug-likeness (QED) is 0.470. The Morgan fingerprint density at radius 2 is 1.66 bits per heavy atom. The molecule has 3 aromatic rings. The second-order valence-electron chi connectivity index (χ2n) is 7.25. The lowest BCUT2D eigenvalue weighted by Crippen LogP contribution is -2.42. The molecule has 0 fully saturated rings. The average molecular weight is 473 g/mol. The molecule has 0 radical (unpaired) electrons. The van der Waals surface area contributed by atoms with E-state index in [9.17, 15) is 13.2 Å². The molecule has 0 aliphatic carbocycles. The third-order valence-electron chi connectivity index (χ3n) is 4.90. The van der Waals surface area contributed by atoms with E-state index < -0.39 is 15.9 Å². The summed E-state index contributed by atoms with van der Waals surface area (Å²) < 4.78 is 33.3. The predicted octanol–water partition coefficient (Wildman–Crippen LogP) is 4.35. The second kappa shape index (κ2) is 10.5. The maximum absolute atomic E-state index is 13.3. The van der Waals surface area contributed by atoms with Crippen LogP contribution in [0.3, 0.4) is 0 Å². The molecule has 6 nitrogen and oxygen atoms in total. The zero-order valence-corrected chi connectivity index (χ0v) is 19.5. The average Bonchev–Trinajstić information content (AvgIpc) is 2.79. The standard InChI is InChI=1S/C24H25ClN2O4S/c1-18-8-11-21(16-19(18)2)27(32(29,30)23-6-4-3-5-7-23)17-24(28)26-14-15-31-22-12-9-20(25)10-13-22/h3-13,16H,14-15,17H2,1-2H3,(H,26,28). The van der Waals surface area contributed by atoms with E-state index in [1.54, 1.807) is 54.6 Å². The molecule has 0 atom stereocenters. The lowest BCUT2D eigenvalue weighted by atomic mass is 10.1. The fraction of sp³-hybridized carbons (Fsp3) is 0.208. The van der Waals surface area contributed by atoms with Crippen molar-refractivity contribution in [3.63, 3.8) is 0 Å². The minimum Gasteiger partial charge on any atom is -0.492 e. The summed E-state index contributed by atoms with van der Waals surface area (Å²) in [7, 11) is -3.93.